The van der Waals surface area contributed by atoms with Crippen molar-refractivity contribution in [1.29, 1.82) is 0 Å². The predicted molar refractivity (Wildman–Crippen MR) is 107 cm³/mol. The van der Waals surface area contributed by atoms with Crippen LogP contribution in [0.2, 0.25) is 5.02 Å². The van der Waals surface area contributed by atoms with Crippen LogP contribution in [0.4, 0.5) is 23.1 Å². The number of halogens is 1. The first-order valence-electron chi connectivity index (χ1n) is 8.29. The van der Waals surface area contributed by atoms with E-state index in [1.54, 1.807) is 24.3 Å². The summed E-state index contributed by atoms with van der Waals surface area (Å²) >= 11 is 6.25. The van der Waals surface area contributed by atoms with Crippen molar-refractivity contribution in [2.24, 2.45) is 0 Å². The number of aromatic nitrogens is 2. The van der Waals surface area contributed by atoms with Gasteiger partial charge in [0, 0.05) is 17.4 Å². The van der Waals surface area contributed by atoms with Crippen LogP contribution in [-0.2, 0) is 4.74 Å². The van der Waals surface area contributed by atoms with Gasteiger partial charge in [0.2, 0.25) is 5.95 Å². The largest absolute Gasteiger partial charge is 0.465 e. The molecule has 0 radical (unpaired) electrons. The van der Waals surface area contributed by atoms with Gasteiger partial charge in [-0.1, -0.05) is 29.8 Å². The highest BCUT2D eigenvalue weighted by molar-refractivity contribution is 6.33. The number of anilines is 4. The molecule has 2 aromatic carbocycles. The zero-order chi connectivity index (χ0) is 19.4. The minimum absolute atomic E-state index is 0.397. The Balaban J connectivity index is 1.89. The Hall–Kier alpha value is -3.12. The Kier molecular flexibility index (Phi) is 5.57. The highest BCUT2D eigenvalue weighted by Crippen LogP contribution is 2.27. The SMILES string of the molecule is COC(=O)c1ccc(Cl)c(Nc2cc(C)nc(Nc3ccccc3C)n2)c1. The fourth-order valence-electron chi connectivity index (χ4n) is 2.53. The molecule has 1 heterocycles. The molecule has 0 atom stereocenters. The molecule has 138 valence electrons. The van der Waals surface area contributed by atoms with E-state index in [2.05, 4.69) is 20.6 Å². The van der Waals surface area contributed by atoms with Crippen LogP contribution < -0.4 is 10.6 Å². The third-order valence-corrected chi connectivity index (χ3v) is 4.23. The van der Waals surface area contributed by atoms with Crippen molar-refractivity contribution in [3.8, 4) is 0 Å². The number of nitrogens with one attached hydrogen (secondary N) is 2. The number of benzene rings is 2. The van der Waals surface area contributed by atoms with E-state index in [9.17, 15) is 4.79 Å². The summed E-state index contributed by atoms with van der Waals surface area (Å²) in [6.45, 7) is 3.89. The van der Waals surface area contributed by atoms with Gasteiger partial charge in [0.25, 0.3) is 0 Å². The smallest absolute Gasteiger partial charge is 0.337 e. The van der Waals surface area contributed by atoms with Crippen molar-refractivity contribution < 1.29 is 9.53 Å². The number of carbonyl (C=O) groups is 1. The maximum atomic E-state index is 11.7. The summed E-state index contributed by atoms with van der Waals surface area (Å²) in [7, 11) is 1.33. The number of para-hydroxylation sites is 1. The second-order valence-electron chi connectivity index (χ2n) is 5.97. The zero-order valence-corrected chi connectivity index (χ0v) is 16.0. The molecule has 0 aliphatic heterocycles. The van der Waals surface area contributed by atoms with Crippen LogP contribution in [0.15, 0.2) is 48.5 Å². The Labute approximate surface area is 162 Å². The number of methoxy groups -OCH3 is 1. The number of hydrogen-bond acceptors (Lipinski definition) is 6. The van der Waals surface area contributed by atoms with Crippen LogP contribution in [0.3, 0.4) is 0 Å². The number of esters is 1. The first kappa shape index (κ1) is 18.7. The zero-order valence-electron chi connectivity index (χ0n) is 15.2. The summed E-state index contributed by atoms with van der Waals surface area (Å²) in [5.41, 5.74) is 3.75. The van der Waals surface area contributed by atoms with Crippen molar-refractivity contribution >= 4 is 40.7 Å². The first-order valence-corrected chi connectivity index (χ1v) is 8.67. The maximum absolute atomic E-state index is 11.7. The van der Waals surface area contributed by atoms with Gasteiger partial charge >= 0.3 is 5.97 Å². The quantitative estimate of drug-likeness (QED) is 0.603. The minimum atomic E-state index is -0.435. The van der Waals surface area contributed by atoms with Gasteiger partial charge in [-0.05, 0) is 43.7 Å². The van der Waals surface area contributed by atoms with Crippen LogP contribution >= 0.6 is 11.6 Å². The van der Waals surface area contributed by atoms with Crippen LogP contribution in [-0.4, -0.2) is 23.0 Å². The van der Waals surface area contributed by atoms with Crippen LogP contribution in [0.5, 0.6) is 0 Å². The summed E-state index contributed by atoms with van der Waals surface area (Å²) in [5, 5.41) is 6.83. The summed E-state index contributed by atoms with van der Waals surface area (Å²) in [4.78, 5) is 20.7. The van der Waals surface area contributed by atoms with E-state index in [4.69, 9.17) is 16.3 Å². The molecular formula is C20H19ClN4O2. The number of hydrogen-bond donors (Lipinski definition) is 2. The van der Waals surface area contributed by atoms with Gasteiger partial charge in [-0.2, -0.15) is 4.98 Å². The summed E-state index contributed by atoms with van der Waals surface area (Å²) in [5.74, 6) is 0.588. The lowest BCUT2D eigenvalue weighted by molar-refractivity contribution is 0.0601. The number of nitrogens with zero attached hydrogens (tertiary/aromatic N) is 2. The van der Waals surface area contributed by atoms with Crippen molar-refractivity contribution in [2.45, 2.75) is 13.8 Å². The number of aryl methyl sites for hydroxylation is 2. The molecule has 0 spiro atoms. The van der Waals surface area contributed by atoms with E-state index >= 15 is 0 Å². The molecule has 0 aliphatic carbocycles. The fourth-order valence-corrected chi connectivity index (χ4v) is 2.69. The van der Waals surface area contributed by atoms with Gasteiger partial charge in [-0.15, -0.1) is 0 Å². The minimum Gasteiger partial charge on any atom is -0.465 e. The van der Waals surface area contributed by atoms with Crippen molar-refractivity contribution in [3.05, 3.63) is 70.4 Å². The van der Waals surface area contributed by atoms with E-state index < -0.39 is 5.97 Å². The molecule has 2 N–H and O–H groups in total. The third-order valence-electron chi connectivity index (χ3n) is 3.90. The van der Waals surface area contributed by atoms with Gasteiger partial charge in [-0.25, -0.2) is 9.78 Å². The molecule has 3 aromatic rings. The molecule has 1 aromatic heterocycles. The van der Waals surface area contributed by atoms with Crippen molar-refractivity contribution in [2.75, 3.05) is 17.7 Å². The lowest BCUT2D eigenvalue weighted by Crippen LogP contribution is -2.05. The highest BCUT2D eigenvalue weighted by Gasteiger charge is 2.11. The van der Waals surface area contributed by atoms with Crippen molar-refractivity contribution in [3.63, 3.8) is 0 Å². The highest BCUT2D eigenvalue weighted by atomic mass is 35.5. The normalized spacial score (nSPS) is 10.4. The molecule has 0 unspecified atom stereocenters. The molecule has 27 heavy (non-hydrogen) atoms. The molecular weight excluding hydrogens is 364 g/mol. The molecule has 0 aliphatic rings. The molecule has 0 amide bonds. The molecule has 0 bridgehead atoms. The summed E-state index contributed by atoms with van der Waals surface area (Å²) < 4.78 is 4.75. The number of rotatable bonds is 5. The van der Waals surface area contributed by atoms with Gasteiger partial charge in [0.05, 0.1) is 23.4 Å². The third kappa shape index (κ3) is 4.54. The van der Waals surface area contributed by atoms with E-state index in [1.165, 1.54) is 7.11 Å². The van der Waals surface area contributed by atoms with Gasteiger partial charge in [-0.3, -0.25) is 0 Å². The maximum Gasteiger partial charge on any atom is 0.337 e. The Bertz CT molecular complexity index is 991. The Morgan fingerprint density at radius 3 is 2.52 bits per heavy atom. The predicted octanol–water partition coefficient (Wildman–Crippen LogP) is 5.02. The van der Waals surface area contributed by atoms with Crippen molar-refractivity contribution in [1.82, 2.24) is 9.97 Å². The average Bonchev–Trinajstić information content (AvgIpc) is 2.64. The topological polar surface area (TPSA) is 76.1 Å². The average molecular weight is 383 g/mol. The Morgan fingerprint density at radius 2 is 1.78 bits per heavy atom. The molecule has 3 rings (SSSR count). The van der Waals surface area contributed by atoms with E-state index in [-0.39, 0.29) is 0 Å². The van der Waals surface area contributed by atoms with Gasteiger partial charge < -0.3 is 15.4 Å². The standard InChI is InChI=1S/C20H19ClN4O2/c1-12-6-4-5-7-16(12)24-20-22-13(2)10-18(25-20)23-17-11-14(19(26)27-3)8-9-15(17)21/h4-11H,1-3H3,(H2,22,23,24,25). The van der Waals surface area contributed by atoms with E-state index in [0.29, 0.717) is 28.0 Å². The monoisotopic (exact) mass is 382 g/mol. The van der Waals surface area contributed by atoms with Crippen LogP contribution in [0.1, 0.15) is 21.6 Å². The van der Waals surface area contributed by atoms with Gasteiger partial charge in [0.15, 0.2) is 0 Å². The molecule has 7 heteroatoms. The van der Waals surface area contributed by atoms with E-state index in [1.807, 2.05) is 38.1 Å². The molecule has 0 fully saturated rings. The number of ether oxygens (including phenoxy) is 1. The van der Waals surface area contributed by atoms with Crippen LogP contribution in [0, 0.1) is 13.8 Å². The second-order valence-corrected chi connectivity index (χ2v) is 6.38. The molecule has 6 nitrogen and oxygen atoms in total. The van der Waals surface area contributed by atoms with E-state index in [0.717, 1.165) is 16.9 Å². The lowest BCUT2D eigenvalue weighted by atomic mass is 10.2. The molecule has 0 saturated carbocycles. The molecule has 0 saturated heterocycles. The lowest BCUT2D eigenvalue weighted by Gasteiger charge is -2.12. The number of carbonyl (C=O) groups excluding carboxylic acids is 1. The Morgan fingerprint density at radius 1 is 1.00 bits per heavy atom. The summed E-state index contributed by atoms with van der Waals surface area (Å²) in [6, 6.07) is 14.6. The van der Waals surface area contributed by atoms with Crippen LogP contribution in [0.25, 0.3) is 0 Å². The first-order chi connectivity index (χ1) is 13.0. The second kappa shape index (κ2) is 8.05. The van der Waals surface area contributed by atoms with Gasteiger partial charge in [0.1, 0.15) is 5.82 Å². The summed E-state index contributed by atoms with van der Waals surface area (Å²) in [6.07, 6.45) is 0. The fraction of sp³-hybridized carbons (Fsp3) is 0.150.